The van der Waals surface area contributed by atoms with Crippen molar-refractivity contribution in [3.63, 3.8) is 0 Å². The van der Waals surface area contributed by atoms with Gasteiger partial charge in [-0.1, -0.05) is 6.42 Å². The Morgan fingerprint density at radius 2 is 1.97 bits per heavy atom. The number of halogens is 2. The van der Waals surface area contributed by atoms with E-state index in [1.54, 1.807) is 6.07 Å². The van der Waals surface area contributed by atoms with Gasteiger partial charge in [0.1, 0.15) is 11.2 Å². The smallest absolute Gasteiger partial charge is 0.308 e. The molecule has 0 spiro atoms. The zero-order valence-electron chi connectivity index (χ0n) is 16.4. The molecule has 4 aliphatic rings. The van der Waals surface area contributed by atoms with Gasteiger partial charge in [0.2, 0.25) is 5.95 Å². The summed E-state index contributed by atoms with van der Waals surface area (Å²) in [5.74, 6) is -1.39. The van der Waals surface area contributed by atoms with E-state index in [-0.39, 0.29) is 40.7 Å². The van der Waals surface area contributed by atoms with Gasteiger partial charge >= 0.3 is 5.97 Å². The molecule has 10 heteroatoms. The molecule has 31 heavy (non-hydrogen) atoms. The molecule has 3 aromatic heterocycles. The monoisotopic (exact) mass is 426 g/mol. The Morgan fingerprint density at radius 1 is 1.16 bits per heavy atom. The van der Waals surface area contributed by atoms with Crippen molar-refractivity contribution in [3.05, 3.63) is 30.2 Å². The predicted octanol–water partition coefficient (Wildman–Crippen LogP) is 3.24. The number of anilines is 1. The second-order valence-electron chi connectivity index (χ2n) is 8.84. The molecule has 0 unspecified atom stereocenters. The van der Waals surface area contributed by atoms with Crippen LogP contribution >= 0.6 is 0 Å². The Balaban J connectivity index is 1.38. The van der Waals surface area contributed by atoms with Crippen LogP contribution in [0.5, 0.6) is 0 Å². The summed E-state index contributed by atoms with van der Waals surface area (Å²) in [5.41, 5.74) is 0.394. The lowest BCUT2D eigenvalue weighted by atomic mass is 9.71. The van der Waals surface area contributed by atoms with E-state index in [0.717, 1.165) is 31.9 Å². The zero-order chi connectivity index (χ0) is 21.3. The van der Waals surface area contributed by atoms with Crippen LogP contribution in [0.1, 0.15) is 25.7 Å². The highest BCUT2D eigenvalue weighted by molar-refractivity contribution is 5.90. The summed E-state index contributed by atoms with van der Waals surface area (Å²) in [4.78, 5) is 24.1. The van der Waals surface area contributed by atoms with Crippen LogP contribution in [0.25, 0.3) is 22.4 Å². The molecule has 0 aliphatic heterocycles. The lowest BCUT2D eigenvalue weighted by Gasteiger charge is -2.38. The van der Waals surface area contributed by atoms with Gasteiger partial charge in [-0.05, 0) is 49.0 Å². The minimum Gasteiger partial charge on any atom is -0.481 e. The van der Waals surface area contributed by atoms with E-state index in [1.165, 1.54) is 6.20 Å². The molecule has 3 heterocycles. The number of nitrogens with zero attached hydrogens (tertiary/aromatic N) is 4. The Labute approximate surface area is 175 Å². The third kappa shape index (κ3) is 2.80. The predicted molar refractivity (Wildman–Crippen MR) is 106 cm³/mol. The molecule has 4 fully saturated rings. The molecular weight excluding hydrogens is 406 g/mol. The SMILES string of the molecule is O=C(O)[C@H]1[C@H]2CCC[C@H]([C@H]3C[C@H]32)[C@@H]1Nc1nc(-c2n[nH]c3c(F)nccc23)ncc1F. The van der Waals surface area contributed by atoms with Crippen LogP contribution in [0.4, 0.5) is 14.6 Å². The van der Waals surface area contributed by atoms with Crippen LogP contribution in [0.2, 0.25) is 0 Å². The number of aliphatic carboxylic acids is 1. The van der Waals surface area contributed by atoms with Gasteiger partial charge in [0.05, 0.1) is 12.1 Å². The number of carboxylic acids is 1. The van der Waals surface area contributed by atoms with E-state index in [0.29, 0.717) is 17.2 Å². The topological polar surface area (TPSA) is 117 Å². The van der Waals surface area contributed by atoms with Gasteiger partial charge in [-0.3, -0.25) is 9.89 Å². The van der Waals surface area contributed by atoms with Crippen molar-refractivity contribution < 1.29 is 18.7 Å². The number of nitrogens with one attached hydrogen (secondary N) is 2. The number of hydrogen-bond acceptors (Lipinski definition) is 6. The maximum atomic E-state index is 14.7. The van der Waals surface area contributed by atoms with Gasteiger partial charge in [-0.15, -0.1) is 0 Å². The van der Waals surface area contributed by atoms with Crippen molar-refractivity contribution in [1.29, 1.82) is 0 Å². The summed E-state index contributed by atoms with van der Waals surface area (Å²) >= 11 is 0. The average molecular weight is 426 g/mol. The molecule has 8 nitrogen and oxygen atoms in total. The molecule has 0 amide bonds. The van der Waals surface area contributed by atoms with Crippen LogP contribution in [0.3, 0.4) is 0 Å². The van der Waals surface area contributed by atoms with Crippen LogP contribution in [-0.2, 0) is 4.79 Å². The highest BCUT2D eigenvalue weighted by atomic mass is 19.1. The number of pyridine rings is 1. The Bertz CT molecular complexity index is 1200. The van der Waals surface area contributed by atoms with Gasteiger partial charge in [0, 0.05) is 17.6 Å². The van der Waals surface area contributed by atoms with E-state index in [4.69, 9.17) is 0 Å². The standard InChI is InChI=1S/C21H20F2N6O2/c22-13-7-25-20(17-10-4-5-24-18(23)16(10)28-29-17)27-19(13)26-15-9-3-1-2-8(11-6-12(9)11)14(15)21(30)31/h4-5,7-9,11-12,14-15H,1-3,6H2,(H,28,29)(H,30,31)(H,25,26,27)/t8-,9+,11-,12+,14-,15-/m0/s1. The second kappa shape index (κ2) is 6.66. The summed E-state index contributed by atoms with van der Waals surface area (Å²) in [6, 6.07) is 1.19. The summed E-state index contributed by atoms with van der Waals surface area (Å²) in [6.07, 6.45) is 6.25. The number of rotatable bonds is 4. The van der Waals surface area contributed by atoms with Gasteiger partial charge in [0.15, 0.2) is 17.5 Å². The molecule has 0 aromatic carbocycles. The van der Waals surface area contributed by atoms with Crippen molar-refractivity contribution in [2.45, 2.75) is 31.7 Å². The van der Waals surface area contributed by atoms with Crippen LogP contribution in [0, 0.1) is 41.4 Å². The summed E-state index contributed by atoms with van der Waals surface area (Å²) in [6.45, 7) is 0. The van der Waals surface area contributed by atoms with Crippen LogP contribution in [-0.4, -0.2) is 42.3 Å². The molecule has 4 saturated carbocycles. The number of fused-ring (bicyclic) bond motifs is 4. The maximum absolute atomic E-state index is 14.7. The molecule has 3 N–H and O–H groups in total. The number of carbonyl (C=O) groups is 1. The van der Waals surface area contributed by atoms with Crippen molar-refractivity contribution in [2.75, 3.05) is 5.32 Å². The molecule has 4 aliphatic carbocycles. The fourth-order valence-electron chi connectivity index (χ4n) is 6.02. The third-order valence-corrected chi connectivity index (χ3v) is 7.36. The number of H-pyrrole nitrogens is 1. The fraction of sp³-hybridized carbons (Fsp3) is 0.476. The van der Waals surface area contributed by atoms with Crippen molar-refractivity contribution in [2.24, 2.45) is 29.6 Å². The minimum atomic E-state index is -0.837. The van der Waals surface area contributed by atoms with Crippen LogP contribution < -0.4 is 5.32 Å². The largest absolute Gasteiger partial charge is 0.481 e. The summed E-state index contributed by atoms with van der Waals surface area (Å²) in [7, 11) is 0. The summed E-state index contributed by atoms with van der Waals surface area (Å²) in [5, 5.41) is 20.2. The Hall–Kier alpha value is -3.17. The van der Waals surface area contributed by atoms with Crippen LogP contribution in [0.15, 0.2) is 18.5 Å². The van der Waals surface area contributed by atoms with Crippen molar-refractivity contribution in [1.82, 2.24) is 25.1 Å². The number of aromatic nitrogens is 5. The van der Waals surface area contributed by atoms with E-state index in [2.05, 4.69) is 30.5 Å². The molecule has 0 radical (unpaired) electrons. The number of aromatic amines is 1. The van der Waals surface area contributed by atoms with Gasteiger partial charge in [-0.2, -0.15) is 9.49 Å². The van der Waals surface area contributed by atoms with E-state index < -0.39 is 23.7 Å². The van der Waals surface area contributed by atoms with Crippen molar-refractivity contribution >= 4 is 22.7 Å². The quantitative estimate of drug-likeness (QED) is 0.548. The molecule has 7 rings (SSSR count). The Kier molecular flexibility index (Phi) is 4.00. The van der Waals surface area contributed by atoms with E-state index >= 15 is 0 Å². The average Bonchev–Trinajstić information content (AvgIpc) is 3.47. The number of hydrogen-bond donors (Lipinski definition) is 3. The fourth-order valence-corrected chi connectivity index (χ4v) is 6.02. The first-order valence-electron chi connectivity index (χ1n) is 10.5. The van der Waals surface area contributed by atoms with Gasteiger partial charge in [0.25, 0.3) is 0 Å². The van der Waals surface area contributed by atoms with Gasteiger partial charge in [-0.25, -0.2) is 19.3 Å². The molecule has 6 atom stereocenters. The maximum Gasteiger partial charge on any atom is 0.308 e. The zero-order valence-corrected chi connectivity index (χ0v) is 16.4. The second-order valence-corrected chi connectivity index (χ2v) is 8.84. The molecular formula is C21H20F2N6O2. The normalized spacial score (nSPS) is 31.3. The lowest BCUT2D eigenvalue weighted by Crippen LogP contribution is -2.47. The lowest BCUT2D eigenvalue weighted by molar-refractivity contribution is -0.146. The third-order valence-electron chi connectivity index (χ3n) is 7.36. The first-order valence-corrected chi connectivity index (χ1v) is 10.5. The molecule has 0 saturated heterocycles. The first-order chi connectivity index (χ1) is 15.0. The molecule has 160 valence electrons. The van der Waals surface area contributed by atoms with Gasteiger partial charge < -0.3 is 10.4 Å². The summed E-state index contributed by atoms with van der Waals surface area (Å²) < 4.78 is 28.6. The molecule has 3 aromatic rings. The van der Waals surface area contributed by atoms with Crippen molar-refractivity contribution in [3.8, 4) is 11.5 Å². The first kappa shape index (κ1) is 18.6. The molecule has 2 bridgehead atoms. The minimum absolute atomic E-state index is 0.0447. The highest BCUT2D eigenvalue weighted by Crippen LogP contribution is 2.62. The number of carboxylic acid groups (broad SMARTS) is 1. The van der Waals surface area contributed by atoms with E-state index in [9.17, 15) is 18.7 Å². The van der Waals surface area contributed by atoms with E-state index in [1.807, 2.05) is 0 Å². The Morgan fingerprint density at radius 3 is 2.81 bits per heavy atom. The highest BCUT2D eigenvalue weighted by Gasteiger charge is 2.61.